The lowest BCUT2D eigenvalue weighted by Gasteiger charge is -2.07. The van der Waals surface area contributed by atoms with E-state index < -0.39 is 5.97 Å². The maximum atomic E-state index is 12.2. The first-order valence-electron chi connectivity index (χ1n) is 6.96. The number of benzene rings is 2. The lowest BCUT2D eigenvalue weighted by atomic mass is 10.1. The van der Waals surface area contributed by atoms with E-state index in [4.69, 9.17) is 5.11 Å². The van der Waals surface area contributed by atoms with Crippen LogP contribution in [-0.2, 0) is 4.79 Å². The molecule has 0 aliphatic rings. The zero-order valence-corrected chi connectivity index (χ0v) is 13.8. The van der Waals surface area contributed by atoms with Crippen molar-refractivity contribution in [2.24, 2.45) is 5.10 Å². The molecule has 0 atom stereocenters. The molecule has 1 amide bonds. The van der Waals surface area contributed by atoms with Crippen molar-refractivity contribution in [3.63, 3.8) is 0 Å². The number of hydrogen-bond acceptors (Lipinski definition) is 3. The van der Waals surface area contributed by atoms with E-state index in [1.807, 2.05) is 36.4 Å². The summed E-state index contributed by atoms with van der Waals surface area (Å²) >= 11 is 3.31. The molecule has 0 heterocycles. The zero-order valence-electron chi connectivity index (χ0n) is 12.2. The number of hydrogen-bond donors (Lipinski definition) is 2. The predicted molar refractivity (Wildman–Crippen MR) is 91.5 cm³/mol. The van der Waals surface area contributed by atoms with Gasteiger partial charge >= 0.3 is 5.97 Å². The summed E-state index contributed by atoms with van der Waals surface area (Å²) in [5.74, 6) is -1.27. The minimum Gasteiger partial charge on any atom is -0.481 e. The van der Waals surface area contributed by atoms with Crippen LogP contribution >= 0.6 is 15.9 Å². The molecule has 0 aliphatic carbocycles. The minimum atomic E-state index is -0.911. The highest BCUT2D eigenvalue weighted by molar-refractivity contribution is 9.10. The molecule has 0 spiro atoms. The number of rotatable bonds is 6. The lowest BCUT2D eigenvalue weighted by Crippen LogP contribution is -2.21. The van der Waals surface area contributed by atoms with Crippen LogP contribution < -0.4 is 5.43 Å². The van der Waals surface area contributed by atoms with Gasteiger partial charge in [0.15, 0.2) is 0 Å². The van der Waals surface area contributed by atoms with Crippen LogP contribution in [0.2, 0.25) is 0 Å². The van der Waals surface area contributed by atoms with Crippen molar-refractivity contribution in [3.8, 4) is 0 Å². The number of nitrogens with one attached hydrogen (secondary N) is 1. The molecule has 6 heteroatoms. The van der Waals surface area contributed by atoms with Gasteiger partial charge in [0.05, 0.1) is 17.7 Å². The smallest absolute Gasteiger partial charge is 0.303 e. The minimum absolute atomic E-state index is 0.0569. The van der Waals surface area contributed by atoms with Crippen molar-refractivity contribution in [1.82, 2.24) is 5.43 Å². The Morgan fingerprint density at radius 1 is 1.00 bits per heavy atom. The van der Waals surface area contributed by atoms with Crippen LogP contribution in [0.5, 0.6) is 0 Å². The third kappa shape index (κ3) is 5.03. The van der Waals surface area contributed by atoms with E-state index in [0.717, 1.165) is 5.56 Å². The van der Waals surface area contributed by atoms with Crippen molar-refractivity contribution in [2.45, 2.75) is 12.8 Å². The standard InChI is InChI=1S/C17H15BrN2O3/c18-14-9-5-4-8-13(14)17(23)20-19-15(10-11-16(21)22)12-6-2-1-3-7-12/h1-9H,10-11H2,(H,20,23)(H,21,22)/b19-15-. The Morgan fingerprint density at radius 3 is 2.30 bits per heavy atom. The summed E-state index contributed by atoms with van der Waals surface area (Å²) in [4.78, 5) is 23.0. The van der Waals surface area contributed by atoms with E-state index in [-0.39, 0.29) is 18.7 Å². The van der Waals surface area contributed by atoms with Crippen LogP contribution in [0, 0.1) is 0 Å². The van der Waals surface area contributed by atoms with Crippen molar-refractivity contribution < 1.29 is 14.7 Å². The Labute approximate surface area is 142 Å². The third-order valence-corrected chi connectivity index (χ3v) is 3.79. The van der Waals surface area contributed by atoms with Crippen LogP contribution in [0.25, 0.3) is 0 Å². The fraction of sp³-hybridized carbons (Fsp3) is 0.118. The van der Waals surface area contributed by atoms with Crippen molar-refractivity contribution >= 4 is 33.5 Å². The van der Waals surface area contributed by atoms with Gasteiger partial charge in [-0.15, -0.1) is 0 Å². The molecule has 0 fully saturated rings. The quantitative estimate of drug-likeness (QED) is 0.600. The number of carbonyl (C=O) groups is 2. The molecule has 0 aliphatic heterocycles. The topological polar surface area (TPSA) is 78.8 Å². The Morgan fingerprint density at radius 2 is 1.65 bits per heavy atom. The Kier molecular flexibility index (Phi) is 6.05. The first-order valence-corrected chi connectivity index (χ1v) is 7.76. The largest absolute Gasteiger partial charge is 0.481 e. The van der Waals surface area contributed by atoms with Crippen LogP contribution in [0.4, 0.5) is 0 Å². The lowest BCUT2D eigenvalue weighted by molar-refractivity contribution is -0.136. The van der Waals surface area contributed by atoms with E-state index in [9.17, 15) is 9.59 Å². The average molecular weight is 375 g/mol. The SMILES string of the molecule is O=C(O)CC/C(=N/NC(=O)c1ccccc1Br)c1ccccc1. The Bertz CT molecular complexity index is 730. The maximum absolute atomic E-state index is 12.2. The monoisotopic (exact) mass is 374 g/mol. The summed E-state index contributed by atoms with van der Waals surface area (Å²) < 4.78 is 0.666. The summed E-state index contributed by atoms with van der Waals surface area (Å²) in [5.41, 5.74) is 4.25. The fourth-order valence-electron chi connectivity index (χ4n) is 1.94. The molecule has 0 radical (unpaired) electrons. The van der Waals surface area contributed by atoms with Crippen LogP contribution in [0.3, 0.4) is 0 Å². The third-order valence-electron chi connectivity index (χ3n) is 3.09. The van der Waals surface area contributed by atoms with E-state index in [1.54, 1.807) is 18.2 Å². The number of carboxylic acid groups (broad SMARTS) is 1. The van der Waals surface area contributed by atoms with E-state index >= 15 is 0 Å². The second-order valence-corrected chi connectivity index (χ2v) is 5.59. The normalized spacial score (nSPS) is 11.1. The number of amides is 1. The molecular weight excluding hydrogens is 360 g/mol. The summed E-state index contributed by atoms with van der Waals surface area (Å²) in [6.07, 6.45) is 0.175. The number of carboxylic acids is 1. The number of nitrogens with zero attached hydrogens (tertiary/aromatic N) is 1. The van der Waals surface area contributed by atoms with E-state index in [2.05, 4.69) is 26.5 Å². The van der Waals surface area contributed by atoms with Crippen LogP contribution in [0.1, 0.15) is 28.8 Å². The molecule has 2 aromatic carbocycles. The van der Waals surface area contributed by atoms with Crippen molar-refractivity contribution in [3.05, 3.63) is 70.2 Å². The molecule has 0 unspecified atom stereocenters. The van der Waals surface area contributed by atoms with Gasteiger partial charge in [-0.2, -0.15) is 5.10 Å². The Balaban J connectivity index is 2.18. The van der Waals surface area contributed by atoms with Gasteiger partial charge in [0.2, 0.25) is 0 Å². The molecule has 2 N–H and O–H groups in total. The number of carbonyl (C=O) groups excluding carboxylic acids is 1. The second kappa shape index (κ2) is 8.24. The van der Waals surface area contributed by atoms with Crippen molar-refractivity contribution in [2.75, 3.05) is 0 Å². The molecule has 0 saturated carbocycles. The van der Waals surface area contributed by atoms with Gasteiger partial charge in [0.1, 0.15) is 0 Å². The van der Waals surface area contributed by atoms with Gasteiger partial charge in [0.25, 0.3) is 5.91 Å². The van der Waals surface area contributed by atoms with Gasteiger partial charge in [-0.25, -0.2) is 5.43 Å². The molecule has 0 bridgehead atoms. The van der Waals surface area contributed by atoms with Gasteiger partial charge < -0.3 is 5.11 Å². The van der Waals surface area contributed by atoms with Gasteiger partial charge in [-0.3, -0.25) is 9.59 Å². The number of aliphatic carboxylic acids is 1. The van der Waals surface area contributed by atoms with E-state index in [1.165, 1.54) is 0 Å². The molecule has 0 saturated heterocycles. The highest BCUT2D eigenvalue weighted by atomic mass is 79.9. The van der Waals surface area contributed by atoms with E-state index in [0.29, 0.717) is 15.7 Å². The summed E-state index contributed by atoms with van der Waals surface area (Å²) in [6, 6.07) is 16.2. The molecule has 2 aromatic rings. The first-order chi connectivity index (χ1) is 11.1. The van der Waals surface area contributed by atoms with Gasteiger partial charge in [-0.1, -0.05) is 42.5 Å². The summed E-state index contributed by atoms with van der Waals surface area (Å²) in [5, 5.41) is 13.0. The van der Waals surface area contributed by atoms with Crippen LogP contribution in [-0.4, -0.2) is 22.7 Å². The zero-order chi connectivity index (χ0) is 16.7. The molecule has 5 nitrogen and oxygen atoms in total. The molecule has 23 heavy (non-hydrogen) atoms. The number of hydrazone groups is 1. The Hall–Kier alpha value is -2.47. The highest BCUT2D eigenvalue weighted by Gasteiger charge is 2.10. The predicted octanol–water partition coefficient (Wildman–Crippen LogP) is 3.45. The molecule has 0 aromatic heterocycles. The highest BCUT2D eigenvalue weighted by Crippen LogP contribution is 2.15. The summed E-state index contributed by atoms with van der Waals surface area (Å²) in [6.45, 7) is 0. The second-order valence-electron chi connectivity index (χ2n) is 4.74. The fourth-order valence-corrected chi connectivity index (χ4v) is 2.41. The first kappa shape index (κ1) is 16.9. The van der Waals surface area contributed by atoms with Crippen LogP contribution in [0.15, 0.2) is 64.2 Å². The molecule has 2 rings (SSSR count). The summed E-state index contributed by atoms with van der Waals surface area (Å²) in [7, 11) is 0. The maximum Gasteiger partial charge on any atom is 0.303 e. The number of halogens is 1. The van der Waals surface area contributed by atoms with Gasteiger partial charge in [0, 0.05) is 10.9 Å². The van der Waals surface area contributed by atoms with Gasteiger partial charge in [-0.05, 0) is 33.6 Å². The molecule has 118 valence electrons. The average Bonchev–Trinajstić information content (AvgIpc) is 2.55. The molecular formula is C17H15BrN2O3. The van der Waals surface area contributed by atoms with Crippen molar-refractivity contribution in [1.29, 1.82) is 0 Å².